The quantitative estimate of drug-likeness (QED) is 0.847. The summed E-state index contributed by atoms with van der Waals surface area (Å²) in [5.74, 6) is 1.20. The van der Waals surface area contributed by atoms with E-state index in [4.69, 9.17) is 4.74 Å². The van der Waals surface area contributed by atoms with Crippen LogP contribution in [0.15, 0.2) is 24.3 Å². The normalized spacial score (nSPS) is 14.4. The lowest BCUT2D eigenvalue weighted by Crippen LogP contribution is -2.46. The highest BCUT2D eigenvalue weighted by atomic mass is 16.5. The molecule has 4 heteroatoms. The Morgan fingerprint density at radius 1 is 1.19 bits per heavy atom. The molecule has 1 aromatic rings. The number of nitrogens with one attached hydrogen (secondary N) is 2. The minimum absolute atomic E-state index is 0.0243. The topological polar surface area (TPSA) is 50.4 Å². The van der Waals surface area contributed by atoms with E-state index in [-0.39, 0.29) is 17.5 Å². The van der Waals surface area contributed by atoms with Gasteiger partial charge in [0.2, 0.25) is 5.91 Å². The number of rotatable bonds is 6. The Morgan fingerprint density at radius 3 is 2.24 bits per heavy atom. The molecular weight excluding hydrogens is 264 g/mol. The van der Waals surface area contributed by atoms with Gasteiger partial charge in [-0.3, -0.25) is 4.79 Å². The number of carbonyl (C=O) groups is 1. The molecule has 0 aliphatic carbocycles. The molecule has 118 valence electrons. The molecule has 2 atom stereocenters. The van der Waals surface area contributed by atoms with Crippen molar-refractivity contribution in [2.75, 3.05) is 13.7 Å². The van der Waals surface area contributed by atoms with Gasteiger partial charge in [-0.2, -0.15) is 0 Å². The second-order valence-electron chi connectivity index (χ2n) is 6.53. The molecule has 0 fully saturated rings. The molecular formula is C17H28N2O2. The Balaban J connectivity index is 2.50. The summed E-state index contributed by atoms with van der Waals surface area (Å²) in [6.45, 7) is 10.5. The molecule has 0 radical (unpaired) electrons. The molecule has 2 N–H and O–H groups in total. The predicted octanol–water partition coefficient (Wildman–Crippen LogP) is 2.69. The van der Waals surface area contributed by atoms with Crippen LogP contribution in [0.2, 0.25) is 0 Å². The van der Waals surface area contributed by atoms with E-state index in [2.05, 4.69) is 36.6 Å². The smallest absolute Gasteiger partial charge is 0.234 e. The van der Waals surface area contributed by atoms with Crippen molar-refractivity contribution in [3.8, 4) is 5.75 Å². The molecule has 4 nitrogen and oxygen atoms in total. The van der Waals surface area contributed by atoms with Gasteiger partial charge in [0.05, 0.1) is 13.7 Å². The van der Waals surface area contributed by atoms with Crippen LogP contribution in [0.3, 0.4) is 0 Å². The van der Waals surface area contributed by atoms with E-state index in [1.54, 1.807) is 7.11 Å². The lowest BCUT2D eigenvalue weighted by Gasteiger charge is -2.24. The van der Waals surface area contributed by atoms with Gasteiger partial charge in [0, 0.05) is 11.6 Å². The van der Waals surface area contributed by atoms with Crippen molar-refractivity contribution >= 4 is 5.91 Å². The third-order valence-corrected chi connectivity index (χ3v) is 3.49. The molecule has 0 heterocycles. The first-order valence-electron chi connectivity index (χ1n) is 7.41. The average molecular weight is 292 g/mol. The van der Waals surface area contributed by atoms with Crippen LogP contribution >= 0.6 is 0 Å². The molecule has 0 saturated carbocycles. The monoisotopic (exact) mass is 292 g/mol. The van der Waals surface area contributed by atoms with E-state index >= 15 is 0 Å². The highest BCUT2D eigenvalue weighted by Crippen LogP contribution is 2.21. The van der Waals surface area contributed by atoms with Crippen LogP contribution in [0.5, 0.6) is 5.75 Å². The Kier molecular flexibility index (Phi) is 6.21. The fourth-order valence-electron chi connectivity index (χ4n) is 2.09. The number of carbonyl (C=O) groups excluding carboxylic acids is 1. The van der Waals surface area contributed by atoms with Crippen molar-refractivity contribution in [3.63, 3.8) is 0 Å². The van der Waals surface area contributed by atoms with E-state index in [9.17, 15) is 4.79 Å². The molecule has 2 unspecified atom stereocenters. The van der Waals surface area contributed by atoms with E-state index in [1.807, 2.05) is 32.9 Å². The maximum absolute atomic E-state index is 11.8. The van der Waals surface area contributed by atoms with Crippen molar-refractivity contribution in [2.24, 2.45) is 0 Å². The van der Waals surface area contributed by atoms with E-state index in [1.165, 1.54) is 5.56 Å². The second-order valence-corrected chi connectivity index (χ2v) is 6.53. The molecule has 1 amide bonds. The zero-order valence-corrected chi connectivity index (χ0v) is 14.0. The highest BCUT2D eigenvalue weighted by molar-refractivity contribution is 5.78. The van der Waals surface area contributed by atoms with Crippen molar-refractivity contribution in [2.45, 2.75) is 52.1 Å². The molecule has 0 bridgehead atoms. The predicted molar refractivity (Wildman–Crippen MR) is 86.8 cm³/mol. The highest BCUT2D eigenvalue weighted by Gasteiger charge is 2.17. The summed E-state index contributed by atoms with van der Waals surface area (Å²) < 4.78 is 5.17. The van der Waals surface area contributed by atoms with Crippen LogP contribution < -0.4 is 15.4 Å². The summed E-state index contributed by atoms with van der Waals surface area (Å²) in [6.07, 6.45) is 0. The van der Waals surface area contributed by atoms with Crippen molar-refractivity contribution in [1.82, 2.24) is 10.6 Å². The van der Waals surface area contributed by atoms with Crippen molar-refractivity contribution in [1.29, 1.82) is 0 Å². The number of methoxy groups -OCH3 is 1. The first-order valence-corrected chi connectivity index (χ1v) is 7.41. The standard InChI is InChI=1S/C17H28N2O2/c1-12(14-7-9-15(21-6)10-8-14)13(2)18-11-16(20)19-17(3,4)5/h7-10,12-13,18H,11H2,1-6H3,(H,19,20). The van der Waals surface area contributed by atoms with Crippen LogP contribution in [-0.2, 0) is 4.79 Å². The van der Waals surface area contributed by atoms with Crippen LogP contribution in [-0.4, -0.2) is 31.1 Å². The van der Waals surface area contributed by atoms with Crippen molar-refractivity contribution in [3.05, 3.63) is 29.8 Å². The lowest BCUT2D eigenvalue weighted by molar-refractivity contribution is -0.121. The van der Waals surface area contributed by atoms with E-state index in [0.29, 0.717) is 12.5 Å². The van der Waals surface area contributed by atoms with E-state index in [0.717, 1.165) is 5.75 Å². The summed E-state index contributed by atoms with van der Waals surface area (Å²) in [5.41, 5.74) is 1.04. The number of hydrogen-bond acceptors (Lipinski definition) is 3. The molecule has 21 heavy (non-hydrogen) atoms. The van der Waals surface area contributed by atoms with Gasteiger partial charge in [0.25, 0.3) is 0 Å². The molecule has 0 saturated heterocycles. The summed E-state index contributed by atoms with van der Waals surface area (Å²) in [4.78, 5) is 11.8. The maximum atomic E-state index is 11.8. The van der Waals surface area contributed by atoms with Gasteiger partial charge in [-0.15, -0.1) is 0 Å². The number of benzene rings is 1. The fourth-order valence-corrected chi connectivity index (χ4v) is 2.09. The van der Waals surface area contributed by atoms with Crippen LogP contribution in [0.25, 0.3) is 0 Å². The zero-order valence-electron chi connectivity index (χ0n) is 14.0. The minimum Gasteiger partial charge on any atom is -0.497 e. The van der Waals surface area contributed by atoms with Gasteiger partial charge in [0.1, 0.15) is 5.75 Å². The third kappa shape index (κ3) is 6.17. The molecule has 0 aromatic heterocycles. The first kappa shape index (κ1) is 17.5. The van der Waals surface area contributed by atoms with Crippen LogP contribution in [0, 0.1) is 0 Å². The lowest BCUT2D eigenvalue weighted by atomic mass is 9.94. The summed E-state index contributed by atoms with van der Waals surface area (Å²) in [7, 11) is 1.66. The Bertz CT molecular complexity index is 449. The fraction of sp³-hybridized carbons (Fsp3) is 0.588. The molecule has 0 spiro atoms. The minimum atomic E-state index is -0.191. The Morgan fingerprint density at radius 2 is 1.76 bits per heavy atom. The van der Waals surface area contributed by atoms with Gasteiger partial charge in [-0.05, 0) is 51.3 Å². The first-order chi connectivity index (χ1) is 9.73. The summed E-state index contributed by atoms with van der Waals surface area (Å²) >= 11 is 0. The van der Waals surface area contributed by atoms with Gasteiger partial charge in [0.15, 0.2) is 0 Å². The summed E-state index contributed by atoms with van der Waals surface area (Å²) in [6, 6.07) is 8.27. The zero-order chi connectivity index (χ0) is 16.0. The van der Waals surface area contributed by atoms with Crippen LogP contribution in [0.4, 0.5) is 0 Å². The Labute approximate surface area is 128 Å². The largest absolute Gasteiger partial charge is 0.497 e. The Hall–Kier alpha value is -1.55. The summed E-state index contributed by atoms with van der Waals surface area (Å²) in [5, 5.41) is 6.24. The van der Waals surface area contributed by atoms with Gasteiger partial charge in [-0.1, -0.05) is 19.1 Å². The van der Waals surface area contributed by atoms with Crippen molar-refractivity contribution < 1.29 is 9.53 Å². The van der Waals surface area contributed by atoms with Crippen LogP contribution in [0.1, 0.15) is 46.1 Å². The van der Waals surface area contributed by atoms with Gasteiger partial charge >= 0.3 is 0 Å². The maximum Gasteiger partial charge on any atom is 0.234 e. The van der Waals surface area contributed by atoms with E-state index < -0.39 is 0 Å². The number of amides is 1. The van der Waals surface area contributed by atoms with Gasteiger partial charge in [-0.25, -0.2) is 0 Å². The SMILES string of the molecule is COc1ccc(C(C)C(C)NCC(=O)NC(C)(C)C)cc1. The number of hydrogen-bond donors (Lipinski definition) is 2. The average Bonchev–Trinajstić information content (AvgIpc) is 2.42. The van der Waals surface area contributed by atoms with Gasteiger partial charge < -0.3 is 15.4 Å². The molecule has 1 rings (SSSR count). The molecule has 0 aliphatic heterocycles. The third-order valence-electron chi connectivity index (χ3n) is 3.49. The number of ether oxygens (including phenoxy) is 1. The second kappa shape index (κ2) is 7.46. The molecule has 1 aromatic carbocycles. The molecule has 0 aliphatic rings.